The van der Waals surface area contributed by atoms with Crippen LogP contribution in [0.2, 0.25) is 0 Å². The Morgan fingerprint density at radius 1 is 1.00 bits per heavy atom. The van der Waals surface area contributed by atoms with Gasteiger partial charge in [-0.05, 0) is 47.8 Å². The minimum Gasteiger partial charge on any atom is -0.282 e. The van der Waals surface area contributed by atoms with E-state index in [-0.39, 0.29) is 4.90 Å². The van der Waals surface area contributed by atoms with Gasteiger partial charge in [0.2, 0.25) is 0 Å². The standard InChI is InChI=1S/C18H30O3S/c1-6-7-14(4)18(15(5)12-13(2)3)16-8-10-17(11-9-16)22(19,20)21/h8-11,13-15,18H,6-7,12H2,1-5H3,(H,19,20,21). The molecule has 0 heterocycles. The topological polar surface area (TPSA) is 54.4 Å². The van der Waals surface area contributed by atoms with Gasteiger partial charge in [-0.15, -0.1) is 0 Å². The predicted octanol–water partition coefficient (Wildman–Crippen LogP) is 5.14. The average Bonchev–Trinajstić information content (AvgIpc) is 2.37. The molecular formula is C18H30O3S. The summed E-state index contributed by atoms with van der Waals surface area (Å²) in [7, 11) is -4.12. The van der Waals surface area contributed by atoms with Crippen molar-refractivity contribution in [2.75, 3.05) is 0 Å². The van der Waals surface area contributed by atoms with Crippen molar-refractivity contribution in [3.63, 3.8) is 0 Å². The summed E-state index contributed by atoms with van der Waals surface area (Å²) in [5.41, 5.74) is 1.17. The molecule has 0 spiro atoms. The van der Waals surface area contributed by atoms with E-state index in [4.69, 9.17) is 4.55 Å². The summed E-state index contributed by atoms with van der Waals surface area (Å²) < 4.78 is 31.5. The molecule has 3 atom stereocenters. The van der Waals surface area contributed by atoms with Crippen molar-refractivity contribution in [2.24, 2.45) is 17.8 Å². The summed E-state index contributed by atoms with van der Waals surface area (Å²) in [5.74, 6) is 2.15. The fourth-order valence-electron chi connectivity index (χ4n) is 3.61. The Morgan fingerprint density at radius 2 is 1.55 bits per heavy atom. The number of hydrogen-bond acceptors (Lipinski definition) is 2. The highest BCUT2D eigenvalue weighted by molar-refractivity contribution is 7.85. The molecule has 22 heavy (non-hydrogen) atoms. The van der Waals surface area contributed by atoms with E-state index < -0.39 is 10.1 Å². The van der Waals surface area contributed by atoms with Gasteiger partial charge in [-0.1, -0.05) is 59.6 Å². The molecule has 1 aromatic rings. The minimum absolute atomic E-state index is 0.0327. The maximum absolute atomic E-state index is 11.2. The Hall–Kier alpha value is -0.870. The molecule has 3 unspecified atom stereocenters. The van der Waals surface area contributed by atoms with Crippen LogP contribution in [-0.4, -0.2) is 13.0 Å². The molecule has 0 aliphatic rings. The van der Waals surface area contributed by atoms with Crippen molar-refractivity contribution in [2.45, 2.75) is 64.7 Å². The summed E-state index contributed by atoms with van der Waals surface area (Å²) in [6.45, 7) is 11.2. The smallest absolute Gasteiger partial charge is 0.282 e. The van der Waals surface area contributed by atoms with E-state index in [9.17, 15) is 8.42 Å². The fourth-order valence-corrected chi connectivity index (χ4v) is 4.09. The first-order chi connectivity index (χ1) is 10.2. The molecule has 0 aliphatic heterocycles. The molecule has 0 aromatic heterocycles. The molecule has 0 saturated heterocycles. The minimum atomic E-state index is -4.12. The van der Waals surface area contributed by atoms with Crippen LogP contribution in [0.15, 0.2) is 29.2 Å². The lowest BCUT2D eigenvalue weighted by atomic mass is 9.74. The summed E-state index contributed by atoms with van der Waals surface area (Å²) in [6, 6.07) is 6.74. The van der Waals surface area contributed by atoms with Gasteiger partial charge in [0.15, 0.2) is 0 Å². The van der Waals surface area contributed by atoms with Crippen molar-refractivity contribution < 1.29 is 13.0 Å². The molecular weight excluding hydrogens is 296 g/mol. The number of hydrogen-bond donors (Lipinski definition) is 1. The molecule has 0 fully saturated rings. The molecule has 3 nitrogen and oxygen atoms in total. The summed E-state index contributed by atoms with van der Waals surface area (Å²) in [4.78, 5) is -0.0327. The Bertz CT molecular complexity index is 546. The van der Waals surface area contributed by atoms with Gasteiger partial charge in [-0.25, -0.2) is 0 Å². The van der Waals surface area contributed by atoms with Gasteiger partial charge < -0.3 is 0 Å². The van der Waals surface area contributed by atoms with Crippen LogP contribution in [0, 0.1) is 17.8 Å². The molecule has 4 heteroatoms. The molecule has 1 N–H and O–H groups in total. The van der Waals surface area contributed by atoms with E-state index in [1.165, 1.54) is 17.7 Å². The van der Waals surface area contributed by atoms with E-state index in [1.807, 2.05) is 12.1 Å². The van der Waals surface area contributed by atoms with Crippen LogP contribution < -0.4 is 0 Å². The molecule has 1 aromatic carbocycles. The van der Waals surface area contributed by atoms with Crippen molar-refractivity contribution in [3.05, 3.63) is 29.8 Å². The van der Waals surface area contributed by atoms with Crippen molar-refractivity contribution in [1.29, 1.82) is 0 Å². The Balaban J connectivity index is 3.10. The Morgan fingerprint density at radius 3 is 1.95 bits per heavy atom. The van der Waals surface area contributed by atoms with E-state index in [1.54, 1.807) is 0 Å². The molecule has 0 saturated carbocycles. The van der Waals surface area contributed by atoms with Crippen LogP contribution in [0.5, 0.6) is 0 Å². The lowest BCUT2D eigenvalue weighted by Crippen LogP contribution is -2.19. The highest BCUT2D eigenvalue weighted by Crippen LogP contribution is 2.38. The monoisotopic (exact) mass is 326 g/mol. The first-order valence-electron chi connectivity index (χ1n) is 8.24. The van der Waals surface area contributed by atoms with Gasteiger partial charge in [0.25, 0.3) is 10.1 Å². The van der Waals surface area contributed by atoms with Crippen LogP contribution in [-0.2, 0) is 10.1 Å². The highest BCUT2D eigenvalue weighted by Gasteiger charge is 2.26. The van der Waals surface area contributed by atoms with E-state index in [0.717, 1.165) is 19.3 Å². The third kappa shape index (κ3) is 5.40. The number of benzene rings is 1. The number of rotatable bonds is 8. The van der Waals surface area contributed by atoms with Crippen molar-refractivity contribution >= 4 is 10.1 Å². The van der Waals surface area contributed by atoms with E-state index in [2.05, 4.69) is 34.6 Å². The maximum Gasteiger partial charge on any atom is 0.294 e. The summed E-state index contributed by atoms with van der Waals surface area (Å²) in [6.07, 6.45) is 3.46. The van der Waals surface area contributed by atoms with Crippen LogP contribution in [0.25, 0.3) is 0 Å². The lowest BCUT2D eigenvalue weighted by Gasteiger charge is -2.31. The van der Waals surface area contributed by atoms with Gasteiger partial charge in [0.1, 0.15) is 0 Å². The average molecular weight is 327 g/mol. The van der Waals surface area contributed by atoms with Gasteiger partial charge in [0, 0.05) is 0 Å². The second kappa shape index (κ2) is 8.11. The maximum atomic E-state index is 11.2. The quantitative estimate of drug-likeness (QED) is 0.673. The predicted molar refractivity (Wildman–Crippen MR) is 91.7 cm³/mol. The van der Waals surface area contributed by atoms with E-state index >= 15 is 0 Å². The lowest BCUT2D eigenvalue weighted by molar-refractivity contribution is 0.288. The van der Waals surface area contributed by atoms with Crippen LogP contribution in [0.1, 0.15) is 65.4 Å². The zero-order valence-electron chi connectivity index (χ0n) is 14.4. The fraction of sp³-hybridized carbons (Fsp3) is 0.667. The Kier molecular flexibility index (Phi) is 7.07. The summed E-state index contributed by atoms with van der Waals surface area (Å²) in [5, 5.41) is 0. The van der Waals surface area contributed by atoms with Gasteiger partial charge in [0.05, 0.1) is 4.90 Å². The summed E-state index contributed by atoms with van der Waals surface area (Å²) >= 11 is 0. The Labute approximate surface area is 135 Å². The van der Waals surface area contributed by atoms with Gasteiger partial charge in [-0.3, -0.25) is 4.55 Å². The first kappa shape index (κ1) is 19.2. The second-order valence-corrected chi connectivity index (χ2v) is 8.36. The molecule has 0 bridgehead atoms. The normalized spacial score (nSPS) is 16.5. The molecule has 0 amide bonds. The zero-order valence-corrected chi connectivity index (χ0v) is 15.2. The first-order valence-corrected chi connectivity index (χ1v) is 9.68. The van der Waals surface area contributed by atoms with Crippen molar-refractivity contribution in [3.8, 4) is 0 Å². The van der Waals surface area contributed by atoms with E-state index in [0.29, 0.717) is 23.7 Å². The van der Waals surface area contributed by atoms with Crippen LogP contribution >= 0.6 is 0 Å². The zero-order chi connectivity index (χ0) is 16.9. The molecule has 0 aliphatic carbocycles. The second-order valence-electron chi connectivity index (χ2n) is 6.94. The van der Waals surface area contributed by atoms with Crippen molar-refractivity contribution in [1.82, 2.24) is 0 Å². The van der Waals surface area contributed by atoms with Crippen LogP contribution in [0.4, 0.5) is 0 Å². The van der Waals surface area contributed by atoms with Gasteiger partial charge >= 0.3 is 0 Å². The SMILES string of the molecule is CCCC(C)C(c1ccc(S(=O)(=O)O)cc1)C(C)CC(C)C. The molecule has 0 radical (unpaired) electrons. The largest absolute Gasteiger partial charge is 0.294 e. The third-order valence-electron chi connectivity index (χ3n) is 4.38. The van der Waals surface area contributed by atoms with Crippen LogP contribution in [0.3, 0.4) is 0 Å². The van der Waals surface area contributed by atoms with Gasteiger partial charge in [-0.2, -0.15) is 8.42 Å². The molecule has 1 rings (SSSR count). The highest BCUT2D eigenvalue weighted by atomic mass is 32.2. The molecule has 126 valence electrons. The third-order valence-corrected chi connectivity index (χ3v) is 5.24.